The zero-order chi connectivity index (χ0) is 18.2. The molecule has 0 bridgehead atoms. The van der Waals surface area contributed by atoms with Gasteiger partial charge in [-0.15, -0.1) is 0 Å². The second-order valence-electron chi connectivity index (χ2n) is 7.83. The summed E-state index contributed by atoms with van der Waals surface area (Å²) in [5.74, 6) is 0.337. The van der Waals surface area contributed by atoms with E-state index in [9.17, 15) is 5.11 Å². The number of phenols is 1. The number of hydrogen-bond acceptors (Lipinski definition) is 3. The van der Waals surface area contributed by atoms with Crippen LogP contribution in [0.25, 0.3) is 0 Å². The molecular formula is C21H29BrN2O. The van der Waals surface area contributed by atoms with Gasteiger partial charge in [-0.05, 0) is 81.1 Å². The maximum absolute atomic E-state index is 10.5. The maximum atomic E-state index is 10.5. The van der Waals surface area contributed by atoms with Crippen LogP contribution in [0.4, 0.5) is 5.69 Å². The third-order valence-corrected chi connectivity index (χ3v) is 6.37. The fraction of sp³-hybridized carbons (Fsp3) is 0.524. The summed E-state index contributed by atoms with van der Waals surface area (Å²) < 4.78 is 0.755. The number of benzene rings is 1. The molecule has 0 aromatic heterocycles. The molecule has 3 nitrogen and oxygen atoms in total. The third-order valence-electron chi connectivity index (χ3n) is 5.73. The van der Waals surface area contributed by atoms with E-state index in [1.54, 1.807) is 0 Å². The summed E-state index contributed by atoms with van der Waals surface area (Å²) in [7, 11) is 2.17. The molecule has 1 aromatic rings. The number of nitrogens with one attached hydrogen (secondary N) is 1. The largest absolute Gasteiger partial charge is 0.505 e. The monoisotopic (exact) mass is 404 g/mol. The molecule has 2 heterocycles. The lowest BCUT2D eigenvalue weighted by Gasteiger charge is -2.30. The smallest absolute Gasteiger partial charge is 0.153 e. The predicted octanol–water partition coefficient (Wildman–Crippen LogP) is 5.56. The SMILES string of the molecule is CC(C)=CCC/C(C)=C\C[C@@]12CCN(C)[C@@H]1Nc1c2ccc(Br)c1O. The minimum atomic E-state index is 0.0556. The van der Waals surface area contributed by atoms with Crippen molar-refractivity contribution in [2.45, 2.75) is 58.0 Å². The summed E-state index contributed by atoms with van der Waals surface area (Å²) in [6.07, 6.45) is 9.35. The molecule has 0 spiro atoms. The molecule has 1 fully saturated rings. The van der Waals surface area contributed by atoms with Crippen molar-refractivity contribution < 1.29 is 5.11 Å². The molecule has 136 valence electrons. The van der Waals surface area contributed by atoms with Gasteiger partial charge in [-0.25, -0.2) is 0 Å². The van der Waals surface area contributed by atoms with Crippen LogP contribution < -0.4 is 5.32 Å². The molecule has 3 rings (SSSR count). The predicted molar refractivity (Wildman–Crippen MR) is 109 cm³/mol. The molecule has 2 N–H and O–H groups in total. The van der Waals surface area contributed by atoms with Crippen molar-refractivity contribution in [3.8, 4) is 5.75 Å². The van der Waals surface area contributed by atoms with Crippen LogP contribution in [0.15, 0.2) is 39.9 Å². The van der Waals surface area contributed by atoms with Gasteiger partial charge in [-0.1, -0.05) is 29.4 Å². The zero-order valence-corrected chi connectivity index (χ0v) is 17.3. The summed E-state index contributed by atoms with van der Waals surface area (Å²) >= 11 is 3.44. The Bertz CT molecular complexity index is 721. The molecule has 1 saturated heterocycles. The second-order valence-corrected chi connectivity index (χ2v) is 8.68. The van der Waals surface area contributed by atoms with E-state index >= 15 is 0 Å². The fourth-order valence-corrected chi connectivity index (χ4v) is 4.56. The van der Waals surface area contributed by atoms with E-state index in [4.69, 9.17) is 0 Å². The van der Waals surface area contributed by atoms with Crippen molar-refractivity contribution >= 4 is 21.6 Å². The molecule has 4 heteroatoms. The van der Waals surface area contributed by atoms with E-state index in [2.05, 4.69) is 72.2 Å². The van der Waals surface area contributed by atoms with Crippen molar-refractivity contribution in [3.63, 3.8) is 0 Å². The average Bonchev–Trinajstić information content (AvgIpc) is 3.05. The van der Waals surface area contributed by atoms with Gasteiger partial charge in [0.2, 0.25) is 0 Å². The number of aromatic hydroxyl groups is 1. The summed E-state index contributed by atoms with van der Waals surface area (Å²) in [6, 6.07) is 4.15. The highest BCUT2D eigenvalue weighted by Gasteiger charge is 2.52. The Labute approximate surface area is 159 Å². The lowest BCUT2D eigenvalue weighted by molar-refractivity contribution is 0.285. The molecule has 0 unspecified atom stereocenters. The number of rotatable bonds is 5. The van der Waals surface area contributed by atoms with E-state index in [1.807, 2.05) is 6.07 Å². The standard InChI is InChI=1S/C21H29BrN2O/c1-14(2)6-5-7-15(3)10-11-21-12-13-24(4)20(21)23-18-16(21)8-9-17(22)19(18)25/h6,8-10,20,23,25H,5,7,11-13H2,1-4H3/b15-10-/t20-,21-/m0/s1. The molecule has 0 aliphatic carbocycles. The minimum Gasteiger partial charge on any atom is -0.505 e. The van der Waals surface area contributed by atoms with E-state index < -0.39 is 0 Å². The van der Waals surface area contributed by atoms with Gasteiger partial charge in [0.1, 0.15) is 0 Å². The maximum Gasteiger partial charge on any atom is 0.153 e. The van der Waals surface area contributed by atoms with Crippen LogP contribution in [0.3, 0.4) is 0 Å². The highest BCUT2D eigenvalue weighted by molar-refractivity contribution is 9.10. The normalized spacial score (nSPS) is 25.5. The average molecular weight is 405 g/mol. The lowest BCUT2D eigenvalue weighted by atomic mass is 9.76. The van der Waals surface area contributed by atoms with Crippen LogP contribution in [0.2, 0.25) is 0 Å². The van der Waals surface area contributed by atoms with E-state index in [0.717, 1.165) is 42.4 Å². The summed E-state index contributed by atoms with van der Waals surface area (Å²) in [5.41, 5.74) is 5.06. The first-order chi connectivity index (χ1) is 11.8. The molecule has 0 radical (unpaired) electrons. The van der Waals surface area contributed by atoms with Gasteiger partial charge in [-0.3, -0.25) is 4.90 Å². The lowest BCUT2D eigenvalue weighted by Crippen LogP contribution is -2.41. The highest BCUT2D eigenvalue weighted by Crippen LogP contribution is 2.54. The first-order valence-corrected chi connectivity index (χ1v) is 9.92. The van der Waals surface area contributed by atoms with Crippen LogP contribution >= 0.6 is 15.9 Å². The van der Waals surface area contributed by atoms with E-state index in [0.29, 0.717) is 5.75 Å². The minimum absolute atomic E-state index is 0.0556. The van der Waals surface area contributed by atoms with Crippen LogP contribution in [0.5, 0.6) is 5.75 Å². The molecule has 2 atom stereocenters. The summed E-state index contributed by atoms with van der Waals surface area (Å²) in [4.78, 5) is 2.37. The van der Waals surface area contributed by atoms with Gasteiger partial charge < -0.3 is 10.4 Å². The Hall–Kier alpha value is -1.26. The number of allylic oxidation sites excluding steroid dienone is 4. The van der Waals surface area contributed by atoms with Gasteiger partial charge in [0, 0.05) is 12.0 Å². The number of likely N-dealkylation sites (N-methyl/N-ethyl adjacent to an activating group) is 1. The number of nitrogens with zero attached hydrogens (tertiary/aromatic N) is 1. The second kappa shape index (κ2) is 7.16. The van der Waals surface area contributed by atoms with Crippen LogP contribution in [0.1, 0.15) is 52.0 Å². The van der Waals surface area contributed by atoms with Crippen LogP contribution in [-0.2, 0) is 5.41 Å². The van der Waals surface area contributed by atoms with Crippen molar-refractivity contribution in [1.29, 1.82) is 0 Å². The van der Waals surface area contributed by atoms with Crippen molar-refractivity contribution in [2.75, 3.05) is 18.9 Å². The number of phenolic OH excluding ortho intramolecular Hbond substituents is 1. The van der Waals surface area contributed by atoms with E-state index in [1.165, 1.54) is 16.7 Å². The number of anilines is 1. The quantitative estimate of drug-likeness (QED) is 0.497. The molecular weight excluding hydrogens is 376 g/mol. The zero-order valence-electron chi connectivity index (χ0n) is 15.7. The number of hydrogen-bond donors (Lipinski definition) is 2. The van der Waals surface area contributed by atoms with Gasteiger partial charge in [0.05, 0.1) is 16.3 Å². The van der Waals surface area contributed by atoms with Crippen molar-refractivity contribution in [2.24, 2.45) is 0 Å². The Morgan fingerprint density at radius 1 is 1.36 bits per heavy atom. The van der Waals surface area contributed by atoms with Crippen molar-refractivity contribution in [1.82, 2.24) is 4.90 Å². The van der Waals surface area contributed by atoms with Gasteiger partial charge >= 0.3 is 0 Å². The Kier molecular flexibility index (Phi) is 5.31. The molecule has 2 aliphatic heterocycles. The van der Waals surface area contributed by atoms with Gasteiger partial charge in [0.25, 0.3) is 0 Å². The third kappa shape index (κ3) is 3.39. The summed E-state index contributed by atoms with van der Waals surface area (Å²) in [5, 5.41) is 14.1. The topological polar surface area (TPSA) is 35.5 Å². The van der Waals surface area contributed by atoms with Gasteiger partial charge in [0.15, 0.2) is 5.75 Å². The summed E-state index contributed by atoms with van der Waals surface area (Å²) in [6.45, 7) is 7.63. The van der Waals surface area contributed by atoms with Gasteiger partial charge in [-0.2, -0.15) is 0 Å². The molecule has 1 aromatic carbocycles. The van der Waals surface area contributed by atoms with Crippen LogP contribution in [-0.4, -0.2) is 29.8 Å². The Morgan fingerprint density at radius 2 is 2.12 bits per heavy atom. The fourth-order valence-electron chi connectivity index (χ4n) is 4.23. The number of halogens is 1. The Balaban J connectivity index is 1.86. The first kappa shape index (κ1) is 18.5. The molecule has 2 aliphatic rings. The van der Waals surface area contributed by atoms with Crippen LogP contribution in [0, 0.1) is 0 Å². The molecule has 25 heavy (non-hydrogen) atoms. The first-order valence-electron chi connectivity index (χ1n) is 9.13. The number of likely N-dealkylation sites (tertiary alicyclic amines) is 1. The Morgan fingerprint density at radius 3 is 2.84 bits per heavy atom. The molecule has 0 amide bonds. The molecule has 0 saturated carbocycles. The highest BCUT2D eigenvalue weighted by atomic mass is 79.9. The van der Waals surface area contributed by atoms with E-state index in [-0.39, 0.29) is 11.6 Å². The number of fused-ring (bicyclic) bond motifs is 3. The van der Waals surface area contributed by atoms with Crippen molar-refractivity contribution in [3.05, 3.63) is 45.5 Å².